The molecule has 2 rings (SSSR count). The summed E-state index contributed by atoms with van der Waals surface area (Å²) in [6.45, 7) is 2.77. The summed E-state index contributed by atoms with van der Waals surface area (Å²) in [7, 11) is 0. The van der Waals surface area contributed by atoms with Gasteiger partial charge in [-0.1, -0.05) is 28.1 Å². The fraction of sp³-hybridized carbons (Fsp3) is 0.214. The van der Waals surface area contributed by atoms with Gasteiger partial charge >= 0.3 is 5.97 Å². The second-order valence-electron chi connectivity index (χ2n) is 4.26. The molecule has 0 saturated heterocycles. The molecular weight excluding hydrogens is 326 g/mol. The van der Waals surface area contributed by atoms with Gasteiger partial charge in [0.2, 0.25) is 0 Å². The van der Waals surface area contributed by atoms with Crippen LogP contribution in [0.1, 0.15) is 33.8 Å². The number of hydrogen-bond acceptors (Lipinski definition) is 3. The topological polar surface area (TPSA) is 49.3 Å². The molecule has 0 bridgehead atoms. The summed E-state index contributed by atoms with van der Waals surface area (Å²) in [4.78, 5) is 11.8. The molecule has 0 saturated carbocycles. The molecule has 2 aromatic rings. The number of carboxylic acids is 1. The fourth-order valence-corrected chi connectivity index (χ4v) is 2.78. The SMILES string of the molecule is CC(NCc1cc(C(=O)O)cs1)c1ccc(Br)cc1. The van der Waals surface area contributed by atoms with E-state index in [1.807, 2.05) is 12.1 Å². The first-order valence-corrected chi connectivity index (χ1v) is 7.53. The predicted molar refractivity (Wildman–Crippen MR) is 80.7 cm³/mol. The van der Waals surface area contributed by atoms with Crippen molar-refractivity contribution in [3.63, 3.8) is 0 Å². The molecule has 2 N–H and O–H groups in total. The van der Waals surface area contributed by atoms with Gasteiger partial charge in [-0.2, -0.15) is 0 Å². The second kappa shape index (κ2) is 6.32. The van der Waals surface area contributed by atoms with Gasteiger partial charge in [0.05, 0.1) is 5.56 Å². The van der Waals surface area contributed by atoms with E-state index in [1.54, 1.807) is 11.4 Å². The van der Waals surface area contributed by atoms with Gasteiger partial charge in [-0.3, -0.25) is 0 Å². The van der Waals surface area contributed by atoms with E-state index in [-0.39, 0.29) is 6.04 Å². The molecule has 5 heteroatoms. The lowest BCUT2D eigenvalue weighted by atomic mass is 10.1. The Morgan fingerprint density at radius 2 is 2.11 bits per heavy atom. The van der Waals surface area contributed by atoms with Crippen molar-refractivity contribution in [1.29, 1.82) is 0 Å². The first-order valence-electron chi connectivity index (χ1n) is 5.86. The van der Waals surface area contributed by atoms with Gasteiger partial charge in [-0.15, -0.1) is 11.3 Å². The molecule has 1 atom stereocenters. The Balaban J connectivity index is 1.94. The number of rotatable bonds is 5. The van der Waals surface area contributed by atoms with Gasteiger partial charge < -0.3 is 10.4 Å². The third-order valence-electron chi connectivity index (χ3n) is 2.85. The molecule has 0 aliphatic carbocycles. The van der Waals surface area contributed by atoms with E-state index in [1.165, 1.54) is 16.9 Å². The summed E-state index contributed by atoms with van der Waals surface area (Å²) in [5.41, 5.74) is 1.57. The molecule has 1 aromatic heterocycles. The van der Waals surface area contributed by atoms with Crippen molar-refractivity contribution in [3.05, 3.63) is 56.2 Å². The minimum absolute atomic E-state index is 0.225. The van der Waals surface area contributed by atoms with Gasteiger partial charge in [0, 0.05) is 27.3 Å². The van der Waals surface area contributed by atoms with Gasteiger partial charge in [-0.05, 0) is 30.7 Å². The maximum atomic E-state index is 10.8. The fourth-order valence-electron chi connectivity index (χ4n) is 1.71. The van der Waals surface area contributed by atoms with E-state index in [9.17, 15) is 4.79 Å². The van der Waals surface area contributed by atoms with Crippen LogP contribution in [-0.4, -0.2) is 11.1 Å². The minimum atomic E-state index is -0.872. The highest BCUT2D eigenvalue weighted by Gasteiger charge is 2.08. The summed E-state index contributed by atoms with van der Waals surface area (Å²) in [6, 6.07) is 10.1. The molecule has 1 heterocycles. The third-order valence-corrected chi connectivity index (χ3v) is 4.32. The summed E-state index contributed by atoms with van der Waals surface area (Å²) in [5.74, 6) is -0.872. The van der Waals surface area contributed by atoms with E-state index in [4.69, 9.17) is 5.11 Å². The Bertz CT molecular complexity index is 565. The molecule has 1 unspecified atom stereocenters. The molecule has 0 aliphatic heterocycles. The standard InChI is InChI=1S/C14H14BrNO2S/c1-9(10-2-4-12(15)5-3-10)16-7-13-6-11(8-19-13)14(17)18/h2-6,8-9,16H,7H2,1H3,(H,17,18). The van der Waals surface area contributed by atoms with Gasteiger partial charge in [0.1, 0.15) is 0 Å². The second-order valence-corrected chi connectivity index (χ2v) is 6.17. The molecule has 19 heavy (non-hydrogen) atoms. The average molecular weight is 340 g/mol. The number of benzene rings is 1. The lowest BCUT2D eigenvalue weighted by molar-refractivity contribution is 0.0697. The van der Waals surface area contributed by atoms with Crippen LogP contribution in [0.3, 0.4) is 0 Å². The van der Waals surface area contributed by atoms with Crippen molar-refractivity contribution in [1.82, 2.24) is 5.32 Å². The normalized spacial score (nSPS) is 12.3. The number of thiophene rings is 1. The summed E-state index contributed by atoms with van der Waals surface area (Å²) >= 11 is 4.88. The highest BCUT2D eigenvalue weighted by Crippen LogP contribution is 2.19. The zero-order chi connectivity index (χ0) is 13.8. The highest BCUT2D eigenvalue weighted by atomic mass is 79.9. The zero-order valence-electron chi connectivity index (χ0n) is 10.4. The maximum absolute atomic E-state index is 10.8. The molecule has 100 valence electrons. The van der Waals surface area contributed by atoms with E-state index in [0.717, 1.165) is 9.35 Å². The lowest BCUT2D eigenvalue weighted by Crippen LogP contribution is -2.17. The molecule has 1 aromatic carbocycles. The largest absolute Gasteiger partial charge is 0.478 e. The first kappa shape index (κ1) is 14.2. The van der Waals surface area contributed by atoms with Crippen LogP contribution in [0.5, 0.6) is 0 Å². The molecule has 0 aliphatic rings. The molecular formula is C14H14BrNO2S. The molecule has 0 amide bonds. The monoisotopic (exact) mass is 339 g/mol. The Labute approximate surface area is 124 Å². The number of hydrogen-bond donors (Lipinski definition) is 2. The first-order chi connectivity index (χ1) is 9.06. The van der Waals surface area contributed by atoms with Crippen LogP contribution in [0.4, 0.5) is 0 Å². The average Bonchev–Trinajstić information content (AvgIpc) is 2.86. The quantitative estimate of drug-likeness (QED) is 0.863. The number of aromatic carboxylic acids is 1. The number of carbonyl (C=O) groups is 1. The molecule has 0 spiro atoms. The van der Waals surface area contributed by atoms with Gasteiger partial charge in [0.25, 0.3) is 0 Å². The van der Waals surface area contributed by atoms with Crippen molar-refractivity contribution < 1.29 is 9.90 Å². The number of nitrogens with one attached hydrogen (secondary N) is 1. The van der Waals surface area contributed by atoms with Gasteiger partial charge in [-0.25, -0.2) is 4.79 Å². The van der Waals surface area contributed by atoms with Crippen LogP contribution in [-0.2, 0) is 6.54 Å². The van der Waals surface area contributed by atoms with Crippen LogP contribution >= 0.6 is 27.3 Å². The Morgan fingerprint density at radius 1 is 1.42 bits per heavy atom. The summed E-state index contributed by atoms with van der Waals surface area (Å²) in [5, 5.41) is 13.9. The zero-order valence-corrected chi connectivity index (χ0v) is 12.8. The predicted octanol–water partition coefficient (Wildman–Crippen LogP) is 4.06. The van der Waals surface area contributed by atoms with Crippen molar-refractivity contribution in [2.24, 2.45) is 0 Å². The highest BCUT2D eigenvalue weighted by molar-refractivity contribution is 9.10. The third kappa shape index (κ3) is 3.89. The van der Waals surface area contributed by atoms with Crippen LogP contribution in [0.15, 0.2) is 40.2 Å². The van der Waals surface area contributed by atoms with Crippen molar-refractivity contribution in [3.8, 4) is 0 Å². The van der Waals surface area contributed by atoms with Crippen LogP contribution in [0, 0.1) is 0 Å². The smallest absolute Gasteiger partial charge is 0.336 e. The number of carboxylic acid groups (broad SMARTS) is 1. The minimum Gasteiger partial charge on any atom is -0.478 e. The van der Waals surface area contributed by atoms with Crippen molar-refractivity contribution in [2.45, 2.75) is 19.5 Å². The molecule has 3 nitrogen and oxygen atoms in total. The van der Waals surface area contributed by atoms with Crippen LogP contribution in [0.2, 0.25) is 0 Å². The summed E-state index contributed by atoms with van der Waals surface area (Å²) < 4.78 is 1.06. The Kier molecular flexibility index (Phi) is 4.74. The Hall–Kier alpha value is -1.17. The molecule has 0 radical (unpaired) electrons. The van der Waals surface area contributed by atoms with Crippen LogP contribution < -0.4 is 5.32 Å². The molecule has 0 fully saturated rings. The maximum Gasteiger partial charge on any atom is 0.336 e. The Morgan fingerprint density at radius 3 is 2.68 bits per heavy atom. The van der Waals surface area contributed by atoms with Crippen molar-refractivity contribution >= 4 is 33.2 Å². The summed E-state index contributed by atoms with van der Waals surface area (Å²) in [6.07, 6.45) is 0. The van der Waals surface area contributed by atoms with Gasteiger partial charge in [0.15, 0.2) is 0 Å². The lowest BCUT2D eigenvalue weighted by Gasteiger charge is -2.13. The van der Waals surface area contributed by atoms with E-state index < -0.39 is 5.97 Å². The van der Waals surface area contributed by atoms with E-state index in [0.29, 0.717) is 12.1 Å². The van der Waals surface area contributed by atoms with Crippen LogP contribution in [0.25, 0.3) is 0 Å². The number of halogens is 1. The van der Waals surface area contributed by atoms with E-state index in [2.05, 4.69) is 40.3 Å². The van der Waals surface area contributed by atoms with Crippen molar-refractivity contribution in [2.75, 3.05) is 0 Å². The van der Waals surface area contributed by atoms with E-state index >= 15 is 0 Å².